The largest absolute Gasteiger partial charge is 0.488 e. The molecule has 0 radical (unpaired) electrons. The first kappa shape index (κ1) is 15.0. The van der Waals surface area contributed by atoms with Crippen LogP contribution in [-0.4, -0.2) is 30.6 Å². The number of benzene rings is 1. The predicted molar refractivity (Wildman–Crippen MR) is 84.1 cm³/mol. The number of nitrogens with one attached hydrogen (secondary N) is 1. The van der Waals surface area contributed by atoms with Crippen molar-refractivity contribution >= 4 is 17.2 Å². The van der Waals surface area contributed by atoms with Crippen LogP contribution in [-0.2, 0) is 11.3 Å². The van der Waals surface area contributed by atoms with Crippen molar-refractivity contribution in [2.75, 3.05) is 19.8 Å². The van der Waals surface area contributed by atoms with Crippen molar-refractivity contribution in [2.24, 2.45) is 5.92 Å². The number of ether oxygens (including phenoxy) is 2. The van der Waals surface area contributed by atoms with Crippen molar-refractivity contribution in [3.63, 3.8) is 0 Å². The fourth-order valence-electron chi connectivity index (χ4n) is 2.21. The van der Waals surface area contributed by atoms with E-state index < -0.39 is 0 Å². The number of thiazole rings is 1. The van der Waals surface area contributed by atoms with Crippen molar-refractivity contribution in [1.29, 1.82) is 0 Å². The molecule has 6 heteroatoms. The summed E-state index contributed by atoms with van der Waals surface area (Å²) in [6.07, 6.45) is 2.70. The Balaban J connectivity index is 1.48. The maximum atomic E-state index is 12.0. The maximum absolute atomic E-state index is 12.0. The molecule has 1 unspecified atom stereocenters. The fourth-order valence-corrected chi connectivity index (χ4v) is 2.95. The van der Waals surface area contributed by atoms with Crippen LogP contribution < -0.4 is 10.1 Å². The minimum atomic E-state index is -0.122. The van der Waals surface area contributed by atoms with Gasteiger partial charge in [-0.3, -0.25) is 4.79 Å². The minimum absolute atomic E-state index is 0.122. The highest BCUT2D eigenvalue weighted by Gasteiger charge is 2.18. The number of amides is 1. The second-order valence-corrected chi connectivity index (χ2v) is 6.29. The van der Waals surface area contributed by atoms with Crippen LogP contribution >= 0.6 is 11.3 Å². The van der Waals surface area contributed by atoms with E-state index in [2.05, 4.69) is 10.3 Å². The van der Waals surface area contributed by atoms with Crippen LogP contribution in [0.25, 0.3) is 0 Å². The second kappa shape index (κ2) is 7.38. The van der Waals surface area contributed by atoms with E-state index in [9.17, 15) is 4.79 Å². The van der Waals surface area contributed by atoms with Gasteiger partial charge in [-0.1, -0.05) is 18.2 Å². The Hall–Kier alpha value is -1.92. The lowest BCUT2D eigenvalue weighted by molar-refractivity contribution is 0.0944. The van der Waals surface area contributed by atoms with E-state index in [0.29, 0.717) is 24.1 Å². The van der Waals surface area contributed by atoms with E-state index in [0.717, 1.165) is 30.3 Å². The molecule has 2 heterocycles. The van der Waals surface area contributed by atoms with E-state index in [4.69, 9.17) is 9.47 Å². The molecule has 1 aliphatic rings. The smallest absolute Gasteiger partial charge is 0.280 e. The topological polar surface area (TPSA) is 60.5 Å². The molecule has 0 aliphatic carbocycles. The van der Waals surface area contributed by atoms with E-state index in [1.807, 2.05) is 30.3 Å². The summed E-state index contributed by atoms with van der Waals surface area (Å²) >= 11 is 1.36. The average molecular weight is 318 g/mol. The van der Waals surface area contributed by atoms with Gasteiger partial charge in [-0.2, -0.15) is 0 Å². The number of hydrogen-bond donors (Lipinski definition) is 1. The van der Waals surface area contributed by atoms with Gasteiger partial charge < -0.3 is 14.8 Å². The quantitative estimate of drug-likeness (QED) is 0.889. The standard InChI is InChI=1S/C16H18N2O3S/c19-15(17-8-12-6-7-20-10-12)16-18-9-14(22-16)11-21-13-4-2-1-3-5-13/h1-5,9,12H,6-8,10-11H2,(H,17,19). The van der Waals surface area contributed by atoms with E-state index >= 15 is 0 Å². The lowest BCUT2D eigenvalue weighted by Gasteiger charge is -2.07. The third-order valence-corrected chi connectivity index (χ3v) is 4.42. The summed E-state index contributed by atoms with van der Waals surface area (Å²) in [4.78, 5) is 17.1. The van der Waals surface area contributed by atoms with Crippen molar-refractivity contribution < 1.29 is 14.3 Å². The molecule has 2 aromatic rings. The van der Waals surface area contributed by atoms with Crippen LogP contribution in [0.15, 0.2) is 36.5 Å². The highest BCUT2D eigenvalue weighted by atomic mass is 32.1. The molecule has 1 aromatic heterocycles. The lowest BCUT2D eigenvalue weighted by Crippen LogP contribution is -2.29. The third kappa shape index (κ3) is 4.05. The zero-order valence-corrected chi connectivity index (χ0v) is 13.0. The van der Waals surface area contributed by atoms with Crippen LogP contribution in [0.2, 0.25) is 0 Å². The van der Waals surface area contributed by atoms with Crippen LogP contribution in [0.1, 0.15) is 21.1 Å². The van der Waals surface area contributed by atoms with Crippen LogP contribution in [0.5, 0.6) is 5.75 Å². The summed E-state index contributed by atoms with van der Waals surface area (Å²) in [6.45, 7) is 2.59. The third-order valence-electron chi connectivity index (χ3n) is 3.45. The van der Waals surface area contributed by atoms with Gasteiger partial charge in [-0.05, 0) is 18.6 Å². The molecule has 0 bridgehead atoms. The summed E-state index contributed by atoms with van der Waals surface area (Å²) in [5.74, 6) is 1.11. The van der Waals surface area contributed by atoms with Gasteiger partial charge in [-0.25, -0.2) is 4.98 Å². The number of carbonyl (C=O) groups is 1. The second-order valence-electron chi connectivity index (χ2n) is 5.17. The molecule has 1 fully saturated rings. The van der Waals surface area contributed by atoms with Crippen molar-refractivity contribution in [2.45, 2.75) is 13.0 Å². The van der Waals surface area contributed by atoms with Crippen molar-refractivity contribution in [3.8, 4) is 5.75 Å². The van der Waals surface area contributed by atoms with Gasteiger partial charge in [0.1, 0.15) is 12.4 Å². The zero-order chi connectivity index (χ0) is 15.2. The average Bonchev–Trinajstić information content (AvgIpc) is 3.23. The number of nitrogens with zero attached hydrogens (tertiary/aromatic N) is 1. The molecule has 1 saturated heterocycles. The number of carbonyl (C=O) groups excluding carboxylic acids is 1. The van der Waals surface area contributed by atoms with Gasteiger partial charge in [0.15, 0.2) is 5.01 Å². The summed E-state index contributed by atoms with van der Waals surface area (Å²) in [7, 11) is 0. The number of aromatic nitrogens is 1. The van der Waals surface area contributed by atoms with E-state index in [-0.39, 0.29) is 5.91 Å². The highest BCUT2D eigenvalue weighted by molar-refractivity contribution is 7.13. The molecule has 3 rings (SSSR count). The first-order valence-corrected chi connectivity index (χ1v) is 8.11. The molecule has 0 spiro atoms. The maximum Gasteiger partial charge on any atom is 0.280 e. The Morgan fingerprint density at radius 1 is 1.41 bits per heavy atom. The molecule has 1 aromatic carbocycles. The summed E-state index contributed by atoms with van der Waals surface area (Å²) in [5, 5.41) is 3.39. The summed E-state index contributed by atoms with van der Waals surface area (Å²) in [5.41, 5.74) is 0. The van der Waals surface area contributed by atoms with Gasteiger partial charge in [0.05, 0.1) is 11.5 Å². The predicted octanol–water partition coefficient (Wildman–Crippen LogP) is 2.49. The first-order valence-electron chi connectivity index (χ1n) is 7.30. The molecule has 1 amide bonds. The molecule has 1 N–H and O–H groups in total. The Morgan fingerprint density at radius 2 is 2.27 bits per heavy atom. The Kier molecular flexibility index (Phi) is 5.03. The van der Waals surface area contributed by atoms with Crippen LogP contribution in [0.3, 0.4) is 0 Å². The molecule has 1 aliphatic heterocycles. The van der Waals surface area contributed by atoms with Crippen LogP contribution in [0, 0.1) is 5.92 Å². The molecule has 116 valence electrons. The monoisotopic (exact) mass is 318 g/mol. The molecule has 5 nitrogen and oxygen atoms in total. The van der Waals surface area contributed by atoms with E-state index in [1.54, 1.807) is 6.20 Å². The van der Waals surface area contributed by atoms with Gasteiger partial charge >= 0.3 is 0 Å². The van der Waals surface area contributed by atoms with Gasteiger partial charge in [0.25, 0.3) is 5.91 Å². The molecular formula is C16H18N2O3S. The Labute approximate surface area is 133 Å². The lowest BCUT2D eigenvalue weighted by atomic mass is 10.1. The number of rotatable bonds is 6. The Morgan fingerprint density at radius 3 is 3.05 bits per heavy atom. The van der Waals surface area contributed by atoms with Crippen LogP contribution in [0.4, 0.5) is 0 Å². The van der Waals surface area contributed by atoms with Gasteiger partial charge in [-0.15, -0.1) is 11.3 Å². The van der Waals surface area contributed by atoms with E-state index in [1.165, 1.54) is 11.3 Å². The molecule has 22 heavy (non-hydrogen) atoms. The summed E-state index contributed by atoms with van der Waals surface area (Å²) in [6, 6.07) is 9.59. The molecule has 1 atom stereocenters. The first-order chi connectivity index (χ1) is 10.8. The minimum Gasteiger partial charge on any atom is -0.488 e. The van der Waals surface area contributed by atoms with Crippen molar-refractivity contribution in [3.05, 3.63) is 46.4 Å². The van der Waals surface area contributed by atoms with Gasteiger partial charge in [0, 0.05) is 25.3 Å². The SMILES string of the molecule is O=C(NCC1CCOC1)c1ncc(COc2ccccc2)s1. The normalized spacial score (nSPS) is 17.4. The molecule has 0 saturated carbocycles. The summed E-state index contributed by atoms with van der Waals surface area (Å²) < 4.78 is 10.9. The van der Waals surface area contributed by atoms with Gasteiger partial charge in [0.2, 0.25) is 0 Å². The highest BCUT2D eigenvalue weighted by Crippen LogP contribution is 2.17. The fraction of sp³-hybridized carbons (Fsp3) is 0.375. The Bertz CT molecular complexity index is 609. The number of hydrogen-bond acceptors (Lipinski definition) is 5. The van der Waals surface area contributed by atoms with Crippen molar-refractivity contribution in [1.82, 2.24) is 10.3 Å². The molecular weight excluding hydrogens is 300 g/mol. The zero-order valence-electron chi connectivity index (χ0n) is 12.2. The number of para-hydroxylation sites is 1.